The van der Waals surface area contributed by atoms with Crippen LogP contribution in [0.4, 0.5) is 10.5 Å². The standard InChI is InChI=1S/C13H17ClN4O2.ClH/c1-8(7-15)17-12(19)9-2-3-10(14)11(6-9)18-5-4-16-13(18)20;/h2-3,6,8H,4-5,7,15H2,1H3,(H,16,20)(H,17,19);1H/t8-;/m0./s1. The van der Waals surface area contributed by atoms with E-state index in [1.165, 1.54) is 4.90 Å². The second kappa shape index (κ2) is 7.49. The van der Waals surface area contributed by atoms with Crippen molar-refractivity contribution in [1.82, 2.24) is 10.6 Å². The summed E-state index contributed by atoms with van der Waals surface area (Å²) in [6, 6.07) is 4.53. The van der Waals surface area contributed by atoms with Crippen LogP contribution in [0.2, 0.25) is 5.02 Å². The molecule has 0 spiro atoms. The van der Waals surface area contributed by atoms with E-state index in [2.05, 4.69) is 10.6 Å². The summed E-state index contributed by atoms with van der Waals surface area (Å²) in [5.41, 5.74) is 6.46. The maximum atomic E-state index is 12.0. The summed E-state index contributed by atoms with van der Waals surface area (Å²) in [4.78, 5) is 25.2. The molecule has 0 aliphatic carbocycles. The first-order valence-corrected chi connectivity index (χ1v) is 6.76. The third-order valence-electron chi connectivity index (χ3n) is 3.09. The van der Waals surface area contributed by atoms with Gasteiger partial charge in [-0.25, -0.2) is 4.79 Å². The summed E-state index contributed by atoms with van der Waals surface area (Å²) in [6.07, 6.45) is 0. The van der Waals surface area contributed by atoms with Crippen molar-refractivity contribution < 1.29 is 9.59 Å². The Bertz CT molecular complexity index is 539. The summed E-state index contributed by atoms with van der Waals surface area (Å²) in [5.74, 6) is -0.236. The molecule has 0 unspecified atom stereocenters. The third kappa shape index (κ3) is 4.00. The molecule has 2 rings (SSSR count). The molecule has 1 aromatic carbocycles. The highest BCUT2D eigenvalue weighted by molar-refractivity contribution is 6.34. The zero-order valence-electron chi connectivity index (χ0n) is 11.6. The lowest BCUT2D eigenvalue weighted by Gasteiger charge is -2.17. The van der Waals surface area contributed by atoms with E-state index in [4.69, 9.17) is 17.3 Å². The van der Waals surface area contributed by atoms with Crippen molar-refractivity contribution in [1.29, 1.82) is 0 Å². The predicted molar refractivity (Wildman–Crippen MR) is 85.4 cm³/mol. The molecule has 0 aromatic heterocycles. The van der Waals surface area contributed by atoms with Crippen molar-refractivity contribution in [3.05, 3.63) is 28.8 Å². The van der Waals surface area contributed by atoms with Crippen molar-refractivity contribution in [2.24, 2.45) is 5.73 Å². The minimum Gasteiger partial charge on any atom is -0.348 e. The number of amides is 3. The fraction of sp³-hybridized carbons (Fsp3) is 0.385. The smallest absolute Gasteiger partial charge is 0.322 e. The minimum atomic E-state index is -0.236. The lowest BCUT2D eigenvalue weighted by atomic mass is 10.1. The van der Waals surface area contributed by atoms with Gasteiger partial charge >= 0.3 is 6.03 Å². The maximum Gasteiger partial charge on any atom is 0.322 e. The fourth-order valence-corrected chi connectivity index (χ4v) is 2.15. The number of urea groups is 1. The number of halogens is 2. The summed E-state index contributed by atoms with van der Waals surface area (Å²) in [6.45, 7) is 3.28. The normalized spacial score (nSPS) is 15.2. The molecule has 21 heavy (non-hydrogen) atoms. The van der Waals surface area contributed by atoms with Gasteiger partial charge in [0, 0.05) is 31.2 Å². The Morgan fingerprint density at radius 3 is 2.86 bits per heavy atom. The molecule has 116 valence electrons. The quantitative estimate of drug-likeness (QED) is 0.778. The van der Waals surface area contributed by atoms with Crippen molar-refractivity contribution >= 4 is 41.6 Å². The number of hydrogen-bond donors (Lipinski definition) is 3. The summed E-state index contributed by atoms with van der Waals surface area (Å²) in [7, 11) is 0. The highest BCUT2D eigenvalue weighted by atomic mass is 35.5. The van der Waals surface area contributed by atoms with E-state index in [0.29, 0.717) is 35.9 Å². The van der Waals surface area contributed by atoms with E-state index in [0.717, 1.165) is 0 Å². The van der Waals surface area contributed by atoms with Gasteiger partial charge in [-0.2, -0.15) is 0 Å². The van der Waals surface area contributed by atoms with E-state index in [-0.39, 0.29) is 30.4 Å². The first-order chi connectivity index (χ1) is 9.52. The average molecular weight is 333 g/mol. The molecule has 3 amide bonds. The fourth-order valence-electron chi connectivity index (χ4n) is 1.93. The SMILES string of the molecule is C[C@@H](CN)NC(=O)c1ccc(Cl)c(N2CCNC2=O)c1.Cl. The molecule has 8 heteroatoms. The number of carbonyl (C=O) groups excluding carboxylic acids is 2. The number of nitrogens with one attached hydrogen (secondary N) is 2. The highest BCUT2D eigenvalue weighted by Gasteiger charge is 2.24. The molecule has 4 N–H and O–H groups in total. The number of nitrogens with two attached hydrogens (primary N) is 1. The van der Waals surface area contributed by atoms with E-state index < -0.39 is 0 Å². The van der Waals surface area contributed by atoms with Crippen LogP contribution in [0.5, 0.6) is 0 Å². The zero-order chi connectivity index (χ0) is 14.7. The molecule has 1 atom stereocenters. The molecule has 1 saturated heterocycles. The van der Waals surface area contributed by atoms with Crippen LogP contribution in [0, 0.1) is 0 Å². The molecule has 1 aromatic rings. The van der Waals surface area contributed by atoms with Crippen molar-refractivity contribution in [3.8, 4) is 0 Å². The molecule has 1 heterocycles. The topological polar surface area (TPSA) is 87.5 Å². The summed E-state index contributed by atoms with van der Waals surface area (Å²) < 4.78 is 0. The number of hydrogen-bond acceptors (Lipinski definition) is 3. The molecular weight excluding hydrogens is 315 g/mol. The van der Waals surface area contributed by atoms with Gasteiger partial charge in [-0.1, -0.05) is 11.6 Å². The van der Waals surface area contributed by atoms with E-state index in [1.54, 1.807) is 18.2 Å². The highest BCUT2D eigenvalue weighted by Crippen LogP contribution is 2.28. The Morgan fingerprint density at radius 1 is 1.57 bits per heavy atom. The number of benzene rings is 1. The van der Waals surface area contributed by atoms with Crippen LogP contribution in [0.25, 0.3) is 0 Å². The van der Waals surface area contributed by atoms with Crippen molar-refractivity contribution in [3.63, 3.8) is 0 Å². The second-order valence-electron chi connectivity index (χ2n) is 4.66. The Labute approximate surface area is 134 Å². The van der Waals surface area contributed by atoms with E-state index in [9.17, 15) is 9.59 Å². The minimum absolute atomic E-state index is 0. The summed E-state index contributed by atoms with van der Waals surface area (Å²) in [5, 5.41) is 5.90. The van der Waals surface area contributed by atoms with Gasteiger partial charge in [-0.3, -0.25) is 9.69 Å². The van der Waals surface area contributed by atoms with Gasteiger partial charge in [0.2, 0.25) is 0 Å². The first kappa shape index (κ1) is 17.6. The molecular formula is C13H18Cl2N4O2. The maximum absolute atomic E-state index is 12.0. The Hall–Kier alpha value is -1.50. The molecule has 1 aliphatic heterocycles. The van der Waals surface area contributed by atoms with E-state index >= 15 is 0 Å². The average Bonchev–Trinajstić information content (AvgIpc) is 2.85. The van der Waals surface area contributed by atoms with Gasteiger partial charge < -0.3 is 16.4 Å². The lowest BCUT2D eigenvalue weighted by molar-refractivity contribution is 0.0941. The van der Waals surface area contributed by atoms with Gasteiger partial charge in [0.1, 0.15) is 0 Å². The van der Waals surface area contributed by atoms with Crippen LogP contribution in [0.3, 0.4) is 0 Å². The molecule has 1 fully saturated rings. The van der Waals surface area contributed by atoms with E-state index in [1.807, 2.05) is 6.92 Å². The molecule has 0 radical (unpaired) electrons. The second-order valence-corrected chi connectivity index (χ2v) is 5.07. The molecule has 0 saturated carbocycles. The number of anilines is 1. The van der Waals surface area contributed by atoms with Gasteiger partial charge in [0.15, 0.2) is 0 Å². The first-order valence-electron chi connectivity index (χ1n) is 6.38. The van der Waals surface area contributed by atoms with Crippen LogP contribution in [0.1, 0.15) is 17.3 Å². The van der Waals surface area contributed by atoms with Gasteiger partial charge in [-0.05, 0) is 25.1 Å². The number of rotatable bonds is 4. The van der Waals surface area contributed by atoms with Crippen LogP contribution in [0.15, 0.2) is 18.2 Å². The van der Waals surface area contributed by atoms with Gasteiger partial charge in [0.25, 0.3) is 5.91 Å². The summed E-state index contributed by atoms with van der Waals surface area (Å²) >= 11 is 6.11. The van der Waals surface area contributed by atoms with Gasteiger partial charge in [0.05, 0.1) is 10.7 Å². The van der Waals surface area contributed by atoms with Crippen LogP contribution < -0.4 is 21.3 Å². The largest absolute Gasteiger partial charge is 0.348 e. The zero-order valence-corrected chi connectivity index (χ0v) is 13.1. The van der Waals surface area contributed by atoms with Crippen LogP contribution in [-0.2, 0) is 0 Å². The third-order valence-corrected chi connectivity index (χ3v) is 3.41. The lowest BCUT2D eigenvalue weighted by Crippen LogP contribution is -2.37. The molecule has 1 aliphatic rings. The van der Waals surface area contributed by atoms with Crippen LogP contribution >= 0.6 is 24.0 Å². The predicted octanol–water partition coefficient (Wildman–Crippen LogP) is 1.37. The van der Waals surface area contributed by atoms with Gasteiger partial charge in [-0.15, -0.1) is 12.4 Å². The Kier molecular flexibility index (Phi) is 6.26. The monoisotopic (exact) mass is 332 g/mol. The van der Waals surface area contributed by atoms with Crippen LogP contribution in [-0.4, -0.2) is 37.6 Å². The Balaban J connectivity index is 0.00000220. The van der Waals surface area contributed by atoms with Crippen molar-refractivity contribution in [2.75, 3.05) is 24.5 Å². The Morgan fingerprint density at radius 2 is 2.29 bits per heavy atom. The number of nitrogens with zero attached hydrogens (tertiary/aromatic N) is 1. The van der Waals surface area contributed by atoms with Crippen molar-refractivity contribution in [2.45, 2.75) is 13.0 Å². The molecule has 0 bridgehead atoms. The molecule has 6 nitrogen and oxygen atoms in total. The number of carbonyl (C=O) groups is 2.